The van der Waals surface area contributed by atoms with Crippen molar-refractivity contribution < 1.29 is 22.4 Å². The maximum absolute atomic E-state index is 12.4. The Labute approximate surface area is 182 Å². The zero-order valence-corrected chi connectivity index (χ0v) is 17.6. The number of nitrogens with zero attached hydrogens (tertiary/aromatic N) is 2. The number of aromatic nitrogens is 2. The highest BCUT2D eigenvalue weighted by Crippen LogP contribution is 2.20. The lowest BCUT2D eigenvalue weighted by molar-refractivity contribution is -0.118. The molecule has 4 rings (SSSR count). The van der Waals surface area contributed by atoms with E-state index < -0.39 is 15.9 Å². The van der Waals surface area contributed by atoms with Gasteiger partial charge in [0.2, 0.25) is 0 Å². The highest BCUT2D eigenvalue weighted by molar-refractivity contribution is 7.92. The highest BCUT2D eigenvalue weighted by Gasteiger charge is 2.17. The number of nitrogens with one attached hydrogen (secondary N) is 2. The van der Waals surface area contributed by atoms with Gasteiger partial charge < -0.3 is 14.5 Å². The number of amides is 1. The van der Waals surface area contributed by atoms with Gasteiger partial charge in [0.15, 0.2) is 17.1 Å². The third kappa shape index (κ3) is 4.78. The average molecular weight is 454 g/mol. The van der Waals surface area contributed by atoms with Gasteiger partial charge in [0.05, 0.1) is 17.3 Å². The molecule has 2 aromatic carbocycles. The third-order valence-electron chi connectivity index (χ3n) is 4.37. The van der Waals surface area contributed by atoms with Crippen LogP contribution in [0.15, 0.2) is 81.3 Å². The molecular formula is C21H18N4O6S. The second-order valence-corrected chi connectivity index (χ2v) is 8.42. The fourth-order valence-corrected chi connectivity index (χ4v) is 3.92. The first kappa shape index (κ1) is 21.1. The largest absolute Gasteiger partial charge is 0.484 e. The topological polar surface area (TPSA) is 133 Å². The molecule has 0 saturated heterocycles. The van der Waals surface area contributed by atoms with Crippen LogP contribution in [0.4, 0.5) is 11.4 Å². The Balaban J connectivity index is 1.39. The summed E-state index contributed by atoms with van der Waals surface area (Å²) in [4.78, 5) is 24.0. The monoisotopic (exact) mass is 454 g/mol. The molecule has 0 aliphatic rings. The van der Waals surface area contributed by atoms with Gasteiger partial charge in [0.25, 0.3) is 15.9 Å². The summed E-state index contributed by atoms with van der Waals surface area (Å²) in [6.45, 7) is -0.299. The SMILES string of the molecule is Cn1ccc(S(=O)(=O)Nc2cccc(NC(=O)COc3ccc4c(=O)ccoc4c3)c2)n1. The van der Waals surface area contributed by atoms with Crippen LogP contribution in [0.25, 0.3) is 11.0 Å². The van der Waals surface area contributed by atoms with E-state index in [1.165, 1.54) is 41.4 Å². The van der Waals surface area contributed by atoms with Crippen LogP contribution in [0.3, 0.4) is 0 Å². The molecular weight excluding hydrogens is 436 g/mol. The van der Waals surface area contributed by atoms with Gasteiger partial charge in [-0.15, -0.1) is 0 Å². The van der Waals surface area contributed by atoms with Gasteiger partial charge >= 0.3 is 0 Å². The van der Waals surface area contributed by atoms with Gasteiger partial charge in [-0.25, -0.2) is 0 Å². The first-order valence-corrected chi connectivity index (χ1v) is 10.9. The molecule has 2 aromatic heterocycles. The number of carbonyl (C=O) groups excluding carboxylic acids is 1. The van der Waals surface area contributed by atoms with Crippen LogP contribution >= 0.6 is 0 Å². The molecule has 10 nitrogen and oxygen atoms in total. The molecule has 2 N–H and O–H groups in total. The van der Waals surface area contributed by atoms with E-state index in [4.69, 9.17) is 9.15 Å². The molecule has 11 heteroatoms. The van der Waals surface area contributed by atoms with Gasteiger partial charge in [-0.3, -0.25) is 19.0 Å². The summed E-state index contributed by atoms with van der Waals surface area (Å²) in [5, 5.41) is 6.81. The molecule has 0 aliphatic heterocycles. The number of anilines is 2. The van der Waals surface area contributed by atoms with E-state index in [0.29, 0.717) is 22.4 Å². The molecule has 32 heavy (non-hydrogen) atoms. The second-order valence-electron chi connectivity index (χ2n) is 6.79. The van der Waals surface area contributed by atoms with Crippen molar-refractivity contribution in [3.05, 3.63) is 77.3 Å². The van der Waals surface area contributed by atoms with Crippen LogP contribution in [-0.2, 0) is 21.9 Å². The van der Waals surface area contributed by atoms with E-state index in [9.17, 15) is 18.0 Å². The van der Waals surface area contributed by atoms with Gasteiger partial charge in [-0.1, -0.05) is 6.07 Å². The predicted molar refractivity (Wildman–Crippen MR) is 117 cm³/mol. The van der Waals surface area contributed by atoms with E-state index in [-0.39, 0.29) is 22.7 Å². The lowest BCUT2D eigenvalue weighted by Crippen LogP contribution is -2.20. The van der Waals surface area contributed by atoms with E-state index in [1.807, 2.05) is 0 Å². The van der Waals surface area contributed by atoms with Gasteiger partial charge in [-0.05, 0) is 36.4 Å². The van der Waals surface area contributed by atoms with Crippen molar-refractivity contribution in [1.29, 1.82) is 0 Å². The Morgan fingerprint density at radius 3 is 2.72 bits per heavy atom. The van der Waals surface area contributed by atoms with Crippen molar-refractivity contribution in [2.75, 3.05) is 16.6 Å². The quantitative estimate of drug-likeness (QED) is 0.438. The number of carbonyl (C=O) groups is 1. The van der Waals surface area contributed by atoms with Crippen LogP contribution in [0.5, 0.6) is 5.75 Å². The fraction of sp³-hybridized carbons (Fsp3) is 0.0952. The molecule has 2 heterocycles. The van der Waals surface area contributed by atoms with Crippen molar-refractivity contribution in [2.45, 2.75) is 5.03 Å². The molecule has 0 saturated carbocycles. The van der Waals surface area contributed by atoms with E-state index >= 15 is 0 Å². The number of benzene rings is 2. The summed E-state index contributed by atoms with van der Waals surface area (Å²) in [6, 6.07) is 13.6. The summed E-state index contributed by atoms with van der Waals surface area (Å²) in [7, 11) is -2.24. The van der Waals surface area contributed by atoms with Crippen LogP contribution in [-0.4, -0.2) is 30.7 Å². The van der Waals surface area contributed by atoms with Crippen molar-refractivity contribution >= 4 is 38.3 Å². The fourth-order valence-electron chi connectivity index (χ4n) is 2.90. The normalized spacial score (nSPS) is 11.3. The van der Waals surface area contributed by atoms with Crippen LogP contribution in [0, 0.1) is 0 Å². The minimum absolute atomic E-state index is 0.117. The minimum Gasteiger partial charge on any atom is -0.484 e. The Bertz CT molecular complexity index is 1460. The number of hydrogen-bond donors (Lipinski definition) is 2. The minimum atomic E-state index is -3.86. The molecule has 164 valence electrons. The summed E-state index contributed by atoms with van der Waals surface area (Å²) in [6.07, 6.45) is 2.81. The van der Waals surface area contributed by atoms with Crippen molar-refractivity contribution in [3.8, 4) is 5.75 Å². The maximum atomic E-state index is 12.4. The first-order valence-electron chi connectivity index (χ1n) is 9.37. The molecule has 1 amide bonds. The Kier molecular flexibility index (Phi) is 5.65. The average Bonchev–Trinajstić information content (AvgIpc) is 3.20. The molecule has 0 aliphatic carbocycles. The van der Waals surface area contributed by atoms with Gasteiger partial charge in [-0.2, -0.15) is 13.5 Å². The second kappa shape index (κ2) is 8.55. The van der Waals surface area contributed by atoms with Crippen molar-refractivity contribution in [2.24, 2.45) is 7.05 Å². The number of rotatable bonds is 7. The highest BCUT2D eigenvalue weighted by atomic mass is 32.2. The Hall–Kier alpha value is -4.12. The standard InChI is InChI=1S/C21H18N4O6S/c1-25-9-7-21(23-25)32(28,29)24-15-4-2-3-14(11-15)22-20(27)13-31-16-5-6-17-18(26)8-10-30-19(17)12-16/h2-12,24H,13H2,1H3,(H,22,27). The summed E-state index contributed by atoms with van der Waals surface area (Å²) < 4.78 is 39.3. The number of ether oxygens (including phenoxy) is 1. The Morgan fingerprint density at radius 2 is 1.94 bits per heavy atom. The van der Waals surface area contributed by atoms with Crippen LogP contribution in [0.2, 0.25) is 0 Å². The van der Waals surface area contributed by atoms with E-state index in [0.717, 1.165) is 0 Å². The number of hydrogen-bond acceptors (Lipinski definition) is 7. The predicted octanol–water partition coefficient (Wildman–Crippen LogP) is 2.34. The Morgan fingerprint density at radius 1 is 1.12 bits per heavy atom. The first-order chi connectivity index (χ1) is 15.3. The summed E-state index contributed by atoms with van der Waals surface area (Å²) in [5.41, 5.74) is 0.820. The summed E-state index contributed by atoms with van der Waals surface area (Å²) >= 11 is 0. The van der Waals surface area contributed by atoms with E-state index in [1.54, 1.807) is 37.4 Å². The van der Waals surface area contributed by atoms with Gasteiger partial charge in [0, 0.05) is 31.1 Å². The number of fused-ring (bicyclic) bond motifs is 1. The maximum Gasteiger partial charge on any atom is 0.281 e. The van der Waals surface area contributed by atoms with Crippen LogP contribution in [0.1, 0.15) is 0 Å². The molecule has 0 spiro atoms. The van der Waals surface area contributed by atoms with Crippen molar-refractivity contribution in [3.63, 3.8) is 0 Å². The zero-order chi connectivity index (χ0) is 22.7. The smallest absolute Gasteiger partial charge is 0.281 e. The van der Waals surface area contributed by atoms with Crippen molar-refractivity contribution in [1.82, 2.24) is 9.78 Å². The van der Waals surface area contributed by atoms with Gasteiger partial charge in [0.1, 0.15) is 11.3 Å². The molecule has 4 aromatic rings. The number of sulfonamides is 1. The third-order valence-corrected chi connectivity index (χ3v) is 5.64. The molecule has 0 radical (unpaired) electrons. The molecule has 0 atom stereocenters. The zero-order valence-electron chi connectivity index (χ0n) is 16.8. The van der Waals surface area contributed by atoms with E-state index in [2.05, 4.69) is 15.1 Å². The lowest BCUT2D eigenvalue weighted by Gasteiger charge is -2.10. The molecule has 0 fully saturated rings. The molecule has 0 unspecified atom stereocenters. The summed E-state index contributed by atoms with van der Waals surface area (Å²) in [5.74, 6) is -0.0942. The number of aryl methyl sites for hydroxylation is 1. The lowest BCUT2D eigenvalue weighted by atomic mass is 10.2. The molecule has 0 bridgehead atoms. The van der Waals surface area contributed by atoms with Crippen LogP contribution < -0.4 is 20.2 Å².